The molecule has 2 aromatic rings. The van der Waals surface area contributed by atoms with E-state index in [0.717, 1.165) is 0 Å². The lowest BCUT2D eigenvalue weighted by Crippen LogP contribution is -2.18. The van der Waals surface area contributed by atoms with Crippen LogP contribution in [0.4, 0.5) is 5.95 Å². The Hall–Kier alpha value is -2.57. The van der Waals surface area contributed by atoms with Crippen LogP contribution in [0.2, 0.25) is 0 Å². The summed E-state index contributed by atoms with van der Waals surface area (Å²) in [5.74, 6) is 2.29. The highest BCUT2D eigenvalue weighted by Crippen LogP contribution is 2.30. The Kier molecular flexibility index (Phi) is 3.70. The van der Waals surface area contributed by atoms with E-state index in [-0.39, 0.29) is 11.8 Å². The van der Waals surface area contributed by atoms with Crippen LogP contribution < -0.4 is 14.8 Å². The zero-order chi connectivity index (χ0) is 15.7. The van der Waals surface area contributed by atoms with Crippen molar-refractivity contribution in [2.75, 3.05) is 18.5 Å². The number of amides is 1. The first-order valence-corrected chi connectivity index (χ1v) is 7.16. The van der Waals surface area contributed by atoms with Crippen LogP contribution in [0.15, 0.2) is 18.2 Å². The summed E-state index contributed by atoms with van der Waals surface area (Å²) in [5, 5.41) is 7.04. The number of nitrogens with zero attached hydrogens (tertiary/aromatic N) is 3. The predicted molar refractivity (Wildman–Crippen MR) is 80.5 cm³/mol. The van der Waals surface area contributed by atoms with Crippen molar-refractivity contribution in [1.29, 1.82) is 0 Å². The lowest BCUT2D eigenvalue weighted by Gasteiger charge is -2.18. The average Bonchev–Trinajstić information content (AvgIpc) is 2.88. The first-order valence-electron chi connectivity index (χ1n) is 7.16. The van der Waals surface area contributed by atoms with Crippen LogP contribution >= 0.6 is 0 Å². The number of benzene rings is 1. The molecular formula is C15H18N4O3. The monoisotopic (exact) mass is 302 g/mol. The van der Waals surface area contributed by atoms with Gasteiger partial charge in [-0.05, 0) is 18.2 Å². The van der Waals surface area contributed by atoms with Crippen LogP contribution in [0.25, 0.3) is 0 Å². The van der Waals surface area contributed by atoms with Crippen molar-refractivity contribution in [2.45, 2.75) is 19.8 Å². The Morgan fingerprint density at radius 2 is 2.00 bits per heavy atom. The second-order valence-corrected chi connectivity index (χ2v) is 5.38. The number of anilines is 1. The van der Waals surface area contributed by atoms with Crippen LogP contribution in [0.5, 0.6) is 11.5 Å². The maximum absolute atomic E-state index is 12.3. The molecule has 0 bridgehead atoms. The fraction of sp³-hybridized carbons (Fsp3) is 0.400. The highest BCUT2D eigenvalue weighted by molar-refractivity contribution is 6.03. The van der Waals surface area contributed by atoms with Crippen LogP contribution in [0, 0.1) is 0 Å². The minimum atomic E-state index is -0.261. The van der Waals surface area contributed by atoms with E-state index in [2.05, 4.69) is 15.4 Å². The summed E-state index contributed by atoms with van der Waals surface area (Å²) in [6, 6.07) is 5.10. The highest BCUT2D eigenvalue weighted by atomic mass is 16.6. The van der Waals surface area contributed by atoms with Gasteiger partial charge in [0, 0.05) is 18.5 Å². The largest absolute Gasteiger partial charge is 0.486 e. The second kappa shape index (κ2) is 5.67. The standard InChI is InChI=1S/C15H18N4O3/c1-9(2)13-16-15(19(3)18-13)17-14(20)10-4-5-11-12(8-10)22-7-6-21-11/h4-5,8-9H,6-7H2,1-3H3,(H,16,17,18,20). The topological polar surface area (TPSA) is 78.3 Å². The molecule has 0 aliphatic carbocycles. The van der Waals surface area contributed by atoms with Gasteiger partial charge in [0.15, 0.2) is 17.3 Å². The van der Waals surface area contributed by atoms with Gasteiger partial charge >= 0.3 is 0 Å². The van der Waals surface area contributed by atoms with Crippen LogP contribution in [-0.4, -0.2) is 33.9 Å². The molecule has 116 valence electrons. The molecule has 1 amide bonds. The highest BCUT2D eigenvalue weighted by Gasteiger charge is 2.17. The number of carbonyl (C=O) groups is 1. The molecule has 0 unspecified atom stereocenters. The summed E-state index contributed by atoms with van der Waals surface area (Å²) in [7, 11) is 1.75. The van der Waals surface area contributed by atoms with Crippen molar-refractivity contribution < 1.29 is 14.3 Å². The van der Waals surface area contributed by atoms with Crippen LogP contribution in [0.1, 0.15) is 35.9 Å². The molecule has 7 heteroatoms. The summed E-state index contributed by atoms with van der Waals surface area (Å²) >= 11 is 0. The van der Waals surface area contributed by atoms with Crippen molar-refractivity contribution in [3.05, 3.63) is 29.6 Å². The van der Waals surface area contributed by atoms with Gasteiger partial charge < -0.3 is 9.47 Å². The molecule has 3 rings (SSSR count). The van der Waals surface area contributed by atoms with E-state index in [0.29, 0.717) is 42.0 Å². The van der Waals surface area contributed by atoms with Gasteiger partial charge in [0.2, 0.25) is 5.95 Å². The predicted octanol–water partition coefficient (Wildman–Crippen LogP) is 1.96. The molecule has 0 radical (unpaired) electrons. The number of fused-ring (bicyclic) bond motifs is 1. The number of rotatable bonds is 3. The van der Waals surface area contributed by atoms with E-state index in [1.54, 1.807) is 29.9 Å². The molecule has 1 aliphatic heterocycles. The quantitative estimate of drug-likeness (QED) is 0.937. The van der Waals surface area contributed by atoms with Crippen LogP contribution in [-0.2, 0) is 7.05 Å². The van der Waals surface area contributed by atoms with Gasteiger partial charge in [0.25, 0.3) is 5.91 Å². The van der Waals surface area contributed by atoms with E-state index in [1.807, 2.05) is 13.8 Å². The summed E-state index contributed by atoms with van der Waals surface area (Å²) in [4.78, 5) is 16.7. The average molecular weight is 302 g/mol. The fourth-order valence-corrected chi connectivity index (χ4v) is 2.12. The van der Waals surface area contributed by atoms with E-state index >= 15 is 0 Å². The molecule has 0 fully saturated rings. The van der Waals surface area contributed by atoms with E-state index < -0.39 is 0 Å². The van der Waals surface area contributed by atoms with Gasteiger partial charge in [-0.2, -0.15) is 10.1 Å². The van der Waals surface area contributed by atoms with Crippen molar-refractivity contribution in [3.63, 3.8) is 0 Å². The fourth-order valence-electron chi connectivity index (χ4n) is 2.12. The number of ether oxygens (including phenoxy) is 2. The summed E-state index contributed by atoms with van der Waals surface area (Å²) in [6.45, 7) is 5.01. The zero-order valence-corrected chi connectivity index (χ0v) is 12.8. The Bertz CT molecular complexity index is 709. The van der Waals surface area contributed by atoms with Gasteiger partial charge in [0.1, 0.15) is 13.2 Å². The van der Waals surface area contributed by atoms with Gasteiger partial charge in [-0.15, -0.1) is 0 Å². The second-order valence-electron chi connectivity index (χ2n) is 5.38. The van der Waals surface area contributed by atoms with E-state index in [1.165, 1.54) is 0 Å². The lowest BCUT2D eigenvalue weighted by molar-refractivity contribution is 0.102. The van der Waals surface area contributed by atoms with Gasteiger partial charge in [-0.1, -0.05) is 13.8 Å². The number of nitrogens with one attached hydrogen (secondary N) is 1. The maximum Gasteiger partial charge on any atom is 0.258 e. The zero-order valence-electron chi connectivity index (χ0n) is 12.8. The maximum atomic E-state index is 12.3. The number of aromatic nitrogens is 3. The third-order valence-corrected chi connectivity index (χ3v) is 3.33. The summed E-state index contributed by atoms with van der Waals surface area (Å²) in [5.41, 5.74) is 0.485. The third kappa shape index (κ3) is 2.74. The Labute approximate surface area is 128 Å². The van der Waals surface area contributed by atoms with Crippen LogP contribution in [0.3, 0.4) is 0 Å². The van der Waals surface area contributed by atoms with E-state index in [4.69, 9.17) is 9.47 Å². The molecule has 22 heavy (non-hydrogen) atoms. The first kappa shape index (κ1) is 14.4. The number of carbonyl (C=O) groups excluding carboxylic acids is 1. The van der Waals surface area contributed by atoms with Crippen molar-refractivity contribution in [3.8, 4) is 11.5 Å². The van der Waals surface area contributed by atoms with Crippen molar-refractivity contribution >= 4 is 11.9 Å². The molecule has 0 spiro atoms. The molecule has 1 N–H and O–H groups in total. The number of aryl methyl sites for hydroxylation is 1. The minimum absolute atomic E-state index is 0.200. The molecule has 2 heterocycles. The molecule has 1 aromatic heterocycles. The first-order chi connectivity index (χ1) is 10.5. The summed E-state index contributed by atoms with van der Waals surface area (Å²) < 4.78 is 12.5. The third-order valence-electron chi connectivity index (χ3n) is 3.33. The minimum Gasteiger partial charge on any atom is -0.486 e. The van der Waals surface area contributed by atoms with Gasteiger partial charge in [0.05, 0.1) is 0 Å². The van der Waals surface area contributed by atoms with Crippen molar-refractivity contribution in [2.24, 2.45) is 7.05 Å². The van der Waals surface area contributed by atoms with Crippen molar-refractivity contribution in [1.82, 2.24) is 14.8 Å². The normalized spacial score (nSPS) is 13.3. The number of hydrogen-bond acceptors (Lipinski definition) is 5. The molecule has 1 aliphatic rings. The molecular weight excluding hydrogens is 284 g/mol. The SMILES string of the molecule is CC(C)c1nc(NC(=O)c2ccc3c(c2)OCCO3)n(C)n1. The van der Waals surface area contributed by atoms with Gasteiger partial charge in [-0.3, -0.25) is 10.1 Å². The molecule has 1 aromatic carbocycles. The molecule has 0 saturated heterocycles. The Morgan fingerprint density at radius 1 is 1.27 bits per heavy atom. The Morgan fingerprint density at radius 3 is 2.68 bits per heavy atom. The number of hydrogen-bond donors (Lipinski definition) is 1. The molecule has 0 atom stereocenters. The smallest absolute Gasteiger partial charge is 0.258 e. The summed E-state index contributed by atoms with van der Waals surface area (Å²) in [6.07, 6.45) is 0. The Balaban J connectivity index is 1.80. The van der Waals surface area contributed by atoms with Gasteiger partial charge in [-0.25, -0.2) is 4.68 Å². The van der Waals surface area contributed by atoms with E-state index in [9.17, 15) is 4.79 Å². The lowest BCUT2D eigenvalue weighted by atomic mass is 10.2. The molecule has 0 saturated carbocycles. The molecule has 7 nitrogen and oxygen atoms in total.